The number of carbonyl (C=O) groups is 3. The molecule has 0 fully saturated rings. The van der Waals surface area contributed by atoms with Gasteiger partial charge in [0.25, 0.3) is 11.6 Å². The first-order chi connectivity index (χ1) is 13.6. The lowest BCUT2D eigenvalue weighted by atomic mass is 10.1. The number of nitro groups is 1. The predicted molar refractivity (Wildman–Crippen MR) is 108 cm³/mol. The topological polar surface area (TPSA) is 119 Å². The summed E-state index contributed by atoms with van der Waals surface area (Å²) < 4.78 is 5.07. The molecule has 29 heavy (non-hydrogen) atoms. The molecule has 1 aromatic heterocycles. The van der Waals surface area contributed by atoms with E-state index in [1.54, 1.807) is 27.9 Å². The van der Waals surface area contributed by atoms with Crippen molar-refractivity contribution in [1.82, 2.24) is 4.90 Å². The van der Waals surface area contributed by atoms with Crippen molar-refractivity contribution >= 4 is 39.8 Å². The summed E-state index contributed by atoms with van der Waals surface area (Å²) in [5.41, 5.74) is 1.10. The van der Waals surface area contributed by atoms with E-state index in [-0.39, 0.29) is 35.2 Å². The fraction of sp³-hybridized carbons (Fsp3) is 0.316. The number of esters is 1. The molecule has 2 rings (SSSR count). The first-order valence-corrected chi connectivity index (χ1v) is 9.52. The third kappa shape index (κ3) is 5.17. The maximum absolute atomic E-state index is 12.5. The van der Waals surface area contributed by atoms with E-state index in [4.69, 9.17) is 4.74 Å². The fourth-order valence-corrected chi connectivity index (χ4v) is 3.78. The third-order valence-electron chi connectivity index (χ3n) is 3.99. The lowest BCUT2D eigenvalue weighted by molar-refractivity contribution is -0.384. The highest BCUT2D eigenvalue weighted by Gasteiger charge is 2.27. The van der Waals surface area contributed by atoms with Crippen LogP contribution in [0, 0.1) is 17.0 Å². The minimum Gasteiger partial charge on any atom is -0.462 e. The summed E-state index contributed by atoms with van der Waals surface area (Å²) in [4.78, 5) is 49.2. The van der Waals surface area contributed by atoms with Gasteiger partial charge in [-0.2, -0.15) is 0 Å². The summed E-state index contributed by atoms with van der Waals surface area (Å²) in [5.74, 6) is -1.33. The molecule has 0 unspecified atom stereocenters. The van der Waals surface area contributed by atoms with E-state index < -0.39 is 16.8 Å². The smallest absolute Gasteiger partial charge is 0.341 e. The Hall–Kier alpha value is -3.27. The standard InChI is InChI=1S/C19H21N3O6S/c1-5-28-19(25)15-11(2)16(18(24)21(3)4)29-17(15)20-14(23)10-12-6-8-13(9-7-12)22(26)27/h6-9H,5,10H2,1-4H3,(H,20,23). The highest BCUT2D eigenvalue weighted by atomic mass is 32.1. The number of rotatable bonds is 7. The van der Waals surface area contributed by atoms with Gasteiger partial charge in [-0.3, -0.25) is 19.7 Å². The van der Waals surface area contributed by atoms with Gasteiger partial charge in [0.15, 0.2) is 0 Å². The SMILES string of the molecule is CCOC(=O)c1c(NC(=O)Cc2ccc([N+](=O)[O-])cc2)sc(C(=O)N(C)C)c1C. The summed E-state index contributed by atoms with van der Waals surface area (Å²) >= 11 is 1.01. The van der Waals surface area contributed by atoms with Crippen LogP contribution < -0.4 is 5.32 Å². The van der Waals surface area contributed by atoms with Crippen LogP contribution in [0.5, 0.6) is 0 Å². The van der Waals surface area contributed by atoms with Crippen molar-refractivity contribution in [2.75, 3.05) is 26.0 Å². The molecule has 0 radical (unpaired) electrons. The van der Waals surface area contributed by atoms with E-state index in [0.717, 1.165) is 11.3 Å². The molecule has 1 N–H and O–H groups in total. The van der Waals surface area contributed by atoms with Crippen molar-refractivity contribution in [1.29, 1.82) is 0 Å². The molecule has 0 saturated heterocycles. The van der Waals surface area contributed by atoms with Gasteiger partial charge < -0.3 is 15.0 Å². The van der Waals surface area contributed by atoms with E-state index in [0.29, 0.717) is 16.0 Å². The van der Waals surface area contributed by atoms with Crippen molar-refractivity contribution in [3.05, 3.63) is 55.9 Å². The number of carbonyl (C=O) groups excluding carboxylic acids is 3. The molecule has 2 amide bonds. The van der Waals surface area contributed by atoms with Gasteiger partial charge in [-0.1, -0.05) is 12.1 Å². The van der Waals surface area contributed by atoms with Crippen LogP contribution in [0.2, 0.25) is 0 Å². The molecule has 0 bridgehead atoms. The Balaban J connectivity index is 2.28. The molecule has 0 aliphatic heterocycles. The molecule has 0 atom stereocenters. The first kappa shape index (κ1) is 22.0. The third-order valence-corrected chi connectivity index (χ3v) is 5.19. The molecule has 10 heteroatoms. The average Bonchev–Trinajstić information content (AvgIpc) is 2.97. The second-order valence-electron chi connectivity index (χ2n) is 6.33. The fourth-order valence-electron chi connectivity index (χ4n) is 2.55. The van der Waals surface area contributed by atoms with Crippen LogP contribution in [-0.4, -0.2) is 48.3 Å². The van der Waals surface area contributed by atoms with E-state index in [9.17, 15) is 24.5 Å². The first-order valence-electron chi connectivity index (χ1n) is 8.71. The molecule has 2 aromatic rings. The normalized spacial score (nSPS) is 10.3. The summed E-state index contributed by atoms with van der Waals surface area (Å²) in [6, 6.07) is 5.61. The van der Waals surface area contributed by atoms with Gasteiger partial charge in [0.2, 0.25) is 5.91 Å². The molecule has 0 aliphatic rings. The summed E-state index contributed by atoms with van der Waals surface area (Å²) in [6.07, 6.45) is -0.0475. The zero-order valence-electron chi connectivity index (χ0n) is 16.5. The van der Waals surface area contributed by atoms with Crippen LogP contribution in [0.25, 0.3) is 0 Å². The van der Waals surface area contributed by atoms with Crippen LogP contribution in [0.15, 0.2) is 24.3 Å². The van der Waals surface area contributed by atoms with E-state index in [1.807, 2.05) is 0 Å². The molecule has 1 aromatic carbocycles. The van der Waals surface area contributed by atoms with Gasteiger partial charge in [0.05, 0.1) is 28.4 Å². The number of amides is 2. The summed E-state index contributed by atoms with van der Waals surface area (Å²) in [5, 5.41) is 13.6. The Bertz CT molecular complexity index is 950. The van der Waals surface area contributed by atoms with Gasteiger partial charge in [-0.15, -0.1) is 11.3 Å². The van der Waals surface area contributed by atoms with Gasteiger partial charge in [0.1, 0.15) is 5.00 Å². The van der Waals surface area contributed by atoms with Crippen molar-refractivity contribution in [3.63, 3.8) is 0 Å². The molecular weight excluding hydrogens is 398 g/mol. The number of benzene rings is 1. The number of nitrogens with zero attached hydrogens (tertiary/aromatic N) is 2. The minimum absolute atomic E-state index is 0.0475. The van der Waals surface area contributed by atoms with Crippen molar-refractivity contribution in [2.24, 2.45) is 0 Å². The van der Waals surface area contributed by atoms with Gasteiger partial charge in [-0.25, -0.2) is 4.79 Å². The number of non-ortho nitro benzene ring substituents is 1. The summed E-state index contributed by atoms with van der Waals surface area (Å²) in [6.45, 7) is 3.45. The van der Waals surface area contributed by atoms with Crippen LogP contribution >= 0.6 is 11.3 Å². The highest BCUT2D eigenvalue weighted by molar-refractivity contribution is 7.18. The van der Waals surface area contributed by atoms with Gasteiger partial charge in [-0.05, 0) is 25.0 Å². The maximum atomic E-state index is 12.5. The molecule has 154 valence electrons. The van der Waals surface area contributed by atoms with Crippen molar-refractivity contribution in [3.8, 4) is 0 Å². The largest absolute Gasteiger partial charge is 0.462 e. The van der Waals surface area contributed by atoms with Crippen LogP contribution in [-0.2, 0) is 16.0 Å². The summed E-state index contributed by atoms with van der Waals surface area (Å²) in [7, 11) is 3.19. The predicted octanol–water partition coefficient (Wildman–Crippen LogP) is 3.02. The van der Waals surface area contributed by atoms with E-state index in [2.05, 4.69) is 5.32 Å². The van der Waals surface area contributed by atoms with Gasteiger partial charge in [0, 0.05) is 26.2 Å². The molecule has 0 aliphatic carbocycles. The Morgan fingerprint density at radius 3 is 2.34 bits per heavy atom. The van der Waals surface area contributed by atoms with Crippen LogP contribution in [0.4, 0.5) is 10.7 Å². The average molecular weight is 419 g/mol. The second kappa shape index (κ2) is 9.28. The van der Waals surface area contributed by atoms with Crippen LogP contribution in [0.1, 0.15) is 38.1 Å². The van der Waals surface area contributed by atoms with Gasteiger partial charge >= 0.3 is 5.97 Å². The van der Waals surface area contributed by atoms with Crippen molar-refractivity contribution in [2.45, 2.75) is 20.3 Å². The van der Waals surface area contributed by atoms with E-state index >= 15 is 0 Å². The Labute approximate surface area is 171 Å². The number of thiophene rings is 1. The van der Waals surface area contributed by atoms with Crippen LogP contribution in [0.3, 0.4) is 0 Å². The zero-order chi connectivity index (χ0) is 21.7. The number of hydrogen-bond acceptors (Lipinski definition) is 7. The quantitative estimate of drug-likeness (QED) is 0.419. The number of hydrogen-bond donors (Lipinski definition) is 1. The number of nitrogens with one attached hydrogen (secondary N) is 1. The maximum Gasteiger partial charge on any atom is 0.341 e. The number of ether oxygens (including phenoxy) is 1. The Morgan fingerprint density at radius 2 is 1.83 bits per heavy atom. The molecule has 1 heterocycles. The molecule has 0 saturated carbocycles. The Kier molecular flexibility index (Phi) is 7.05. The monoisotopic (exact) mass is 419 g/mol. The minimum atomic E-state index is -0.621. The zero-order valence-corrected chi connectivity index (χ0v) is 17.3. The van der Waals surface area contributed by atoms with E-state index in [1.165, 1.54) is 29.2 Å². The lowest BCUT2D eigenvalue weighted by Crippen LogP contribution is -2.21. The lowest BCUT2D eigenvalue weighted by Gasteiger charge is -2.09. The molecule has 0 spiro atoms. The molecular formula is C19H21N3O6S. The molecule has 9 nitrogen and oxygen atoms in total. The highest BCUT2D eigenvalue weighted by Crippen LogP contribution is 2.34. The Morgan fingerprint density at radius 1 is 1.21 bits per heavy atom. The number of anilines is 1. The second-order valence-corrected chi connectivity index (χ2v) is 7.35. The van der Waals surface area contributed by atoms with Crippen molar-refractivity contribution < 1.29 is 24.0 Å². The number of nitro benzene ring substituents is 1.